The van der Waals surface area contributed by atoms with Crippen molar-refractivity contribution in [3.05, 3.63) is 71.8 Å². The summed E-state index contributed by atoms with van der Waals surface area (Å²) in [6, 6.07) is 20.2. The molecule has 0 unspecified atom stereocenters. The van der Waals surface area contributed by atoms with Gasteiger partial charge in [-0.25, -0.2) is 0 Å². The molecule has 0 radical (unpaired) electrons. The van der Waals surface area contributed by atoms with Gasteiger partial charge >= 0.3 is 0 Å². The van der Waals surface area contributed by atoms with Crippen LogP contribution >= 0.6 is 0 Å². The van der Waals surface area contributed by atoms with Crippen LogP contribution in [0.25, 0.3) is 0 Å². The molecule has 1 amide bonds. The summed E-state index contributed by atoms with van der Waals surface area (Å²) in [6.07, 6.45) is 0.847. The Balaban J connectivity index is 1.99. The van der Waals surface area contributed by atoms with E-state index in [0.717, 1.165) is 12.0 Å². The molecule has 2 aromatic carbocycles. The van der Waals surface area contributed by atoms with Crippen molar-refractivity contribution >= 4 is 5.91 Å². The van der Waals surface area contributed by atoms with Gasteiger partial charge in [0.15, 0.2) is 0 Å². The lowest BCUT2D eigenvalue weighted by atomic mass is 10.1. The number of carbonyl (C=O) groups excluding carboxylic acids is 1. The normalized spacial score (nSPS) is 10.2. The first-order valence-corrected chi connectivity index (χ1v) is 6.85. The van der Waals surface area contributed by atoms with Crippen molar-refractivity contribution < 1.29 is 4.79 Å². The van der Waals surface area contributed by atoms with E-state index >= 15 is 0 Å². The van der Waals surface area contributed by atoms with E-state index in [1.54, 1.807) is 0 Å². The number of benzene rings is 2. The van der Waals surface area contributed by atoms with Crippen molar-refractivity contribution in [3.63, 3.8) is 0 Å². The van der Waals surface area contributed by atoms with Gasteiger partial charge in [0, 0.05) is 13.1 Å². The summed E-state index contributed by atoms with van der Waals surface area (Å²) in [7, 11) is 0. The maximum Gasteiger partial charge on any atom is 0.236 e. The largest absolute Gasteiger partial charge is 0.337 e. The Labute approximate surface area is 120 Å². The molecule has 20 heavy (non-hydrogen) atoms. The number of hydrogen-bond acceptors (Lipinski definition) is 2. The predicted molar refractivity (Wildman–Crippen MR) is 81.1 cm³/mol. The number of nitrogens with two attached hydrogens (primary N) is 1. The summed E-state index contributed by atoms with van der Waals surface area (Å²) in [6.45, 7) is 1.36. The molecule has 3 nitrogen and oxygen atoms in total. The maximum atomic E-state index is 11.9. The highest BCUT2D eigenvalue weighted by molar-refractivity contribution is 5.78. The van der Waals surface area contributed by atoms with Gasteiger partial charge in [-0.1, -0.05) is 60.7 Å². The molecule has 0 spiro atoms. The molecule has 2 aromatic rings. The molecule has 0 aliphatic carbocycles. The van der Waals surface area contributed by atoms with Gasteiger partial charge in [0.1, 0.15) is 0 Å². The lowest BCUT2D eigenvalue weighted by molar-refractivity contribution is -0.130. The summed E-state index contributed by atoms with van der Waals surface area (Å²) in [5.41, 5.74) is 7.86. The van der Waals surface area contributed by atoms with Gasteiger partial charge in [0.25, 0.3) is 0 Å². The highest BCUT2D eigenvalue weighted by Gasteiger charge is 2.12. The Hall–Kier alpha value is -2.13. The number of hydrogen-bond donors (Lipinski definition) is 1. The third kappa shape index (κ3) is 4.21. The topological polar surface area (TPSA) is 46.3 Å². The molecule has 0 fully saturated rings. The summed E-state index contributed by atoms with van der Waals surface area (Å²) in [5.74, 6) is -0.00946. The monoisotopic (exact) mass is 268 g/mol. The molecule has 2 rings (SSSR count). The fourth-order valence-electron chi connectivity index (χ4n) is 2.13. The molecule has 0 aliphatic rings. The first-order valence-electron chi connectivity index (χ1n) is 6.85. The van der Waals surface area contributed by atoms with Gasteiger partial charge in [0.05, 0.1) is 6.54 Å². The van der Waals surface area contributed by atoms with Gasteiger partial charge in [-0.2, -0.15) is 0 Å². The van der Waals surface area contributed by atoms with Crippen LogP contribution in [-0.4, -0.2) is 23.9 Å². The zero-order valence-electron chi connectivity index (χ0n) is 11.5. The van der Waals surface area contributed by atoms with E-state index in [2.05, 4.69) is 12.1 Å². The summed E-state index contributed by atoms with van der Waals surface area (Å²) in [4.78, 5) is 13.8. The summed E-state index contributed by atoms with van der Waals surface area (Å²) in [5, 5.41) is 0. The number of amides is 1. The Bertz CT molecular complexity index is 525. The Morgan fingerprint density at radius 3 is 2.00 bits per heavy atom. The molecule has 0 saturated heterocycles. The minimum Gasteiger partial charge on any atom is -0.337 e. The molecule has 2 N–H and O–H groups in total. The highest BCUT2D eigenvalue weighted by atomic mass is 16.2. The van der Waals surface area contributed by atoms with Gasteiger partial charge < -0.3 is 10.6 Å². The van der Waals surface area contributed by atoms with Crippen LogP contribution in [0.15, 0.2) is 60.7 Å². The first kappa shape index (κ1) is 14.3. The van der Waals surface area contributed by atoms with Crippen LogP contribution in [0.4, 0.5) is 0 Å². The molecule has 0 atom stereocenters. The average molecular weight is 268 g/mol. The van der Waals surface area contributed by atoms with Crippen LogP contribution < -0.4 is 5.73 Å². The van der Waals surface area contributed by atoms with Crippen molar-refractivity contribution in [2.75, 3.05) is 13.1 Å². The van der Waals surface area contributed by atoms with Crippen LogP contribution in [0.3, 0.4) is 0 Å². The first-order chi connectivity index (χ1) is 9.79. The van der Waals surface area contributed by atoms with Crippen LogP contribution in [0, 0.1) is 0 Å². The molecular weight excluding hydrogens is 248 g/mol. The second-order valence-corrected chi connectivity index (χ2v) is 4.74. The number of carbonyl (C=O) groups is 1. The van der Waals surface area contributed by atoms with E-state index in [1.165, 1.54) is 5.56 Å². The van der Waals surface area contributed by atoms with Gasteiger partial charge in [-0.3, -0.25) is 4.79 Å². The van der Waals surface area contributed by atoms with E-state index in [9.17, 15) is 4.79 Å². The number of rotatable bonds is 6. The molecule has 0 aliphatic heterocycles. The Morgan fingerprint density at radius 1 is 0.900 bits per heavy atom. The minimum absolute atomic E-state index is 0.00946. The summed E-state index contributed by atoms with van der Waals surface area (Å²) >= 11 is 0. The van der Waals surface area contributed by atoms with Crippen molar-refractivity contribution in [3.8, 4) is 0 Å². The zero-order valence-corrected chi connectivity index (χ0v) is 11.5. The van der Waals surface area contributed by atoms with E-state index in [0.29, 0.717) is 13.1 Å². The maximum absolute atomic E-state index is 11.9. The lowest BCUT2D eigenvalue weighted by Gasteiger charge is -2.22. The van der Waals surface area contributed by atoms with Gasteiger partial charge in [-0.05, 0) is 17.5 Å². The SMILES string of the molecule is NCC(=O)N(CCc1ccccc1)Cc1ccccc1. The van der Waals surface area contributed by atoms with E-state index in [1.807, 2.05) is 53.4 Å². The second kappa shape index (κ2) is 7.46. The zero-order chi connectivity index (χ0) is 14.2. The van der Waals surface area contributed by atoms with Gasteiger partial charge in [-0.15, -0.1) is 0 Å². The smallest absolute Gasteiger partial charge is 0.236 e. The number of nitrogens with zero attached hydrogens (tertiary/aromatic N) is 1. The van der Waals surface area contributed by atoms with Crippen molar-refractivity contribution in [1.29, 1.82) is 0 Å². The molecule has 104 valence electrons. The standard InChI is InChI=1S/C17H20N2O/c18-13-17(20)19(14-16-9-5-2-6-10-16)12-11-15-7-3-1-4-8-15/h1-10H,11-14,18H2. The molecule has 0 heterocycles. The van der Waals surface area contributed by atoms with Crippen LogP contribution in [0.1, 0.15) is 11.1 Å². The quantitative estimate of drug-likeness (QED) is 0.873. The van der Waals surface area contributed by atoms with Crippen LogP contribution in [-0.2, 0) is 17.8 Å². The van der Waals surface area contributed by atoms with E-state index in [-0.39, 0.29) is 12.5 Å². The highest BCUT2D eigenvalue weighted by Crippen LogP contribution is 2.07. The average Bonchev–Trinajstić information content (AvgIpc) is 2.52. The molecular formula is C17H20N2O. The fraction of sp³-hybridized carbons (Fsp3) is 0.235. The van der Waals surface area contributed by atoms with E-state index < -0.39 is 0 Å². The molecule has 3 heteroatoms. The Morgan fingerprint density at radius 2 is 1.45 bits per heavy atom. The van der Waals surface area contributed by atoms with Crippen molar-refractivity contribution in [2.24, 2.45) is 5.73 Å². The third-order valence-corrected chi connectivity index (χ3v) is 3.26. The Kier molecular flexibility index (Phi) is 5.33. The fourth-order valence-corrected chi connectivity index (χ4v) is 2.13. The van der Waals surface area contributed by atoms with Crippen LogP contribution in [0.2, 0.25) is 0 Å². The molecule has 0 saturated carbocycles. The molecule has 0 aromatic heterocycles. The van der Waals surface area contributed by atoms with Crippen LogP contribution in [0.5, 0.6) is 0 Å². The van der Waals surface area contributed by atoms with Crippen molar-refractivity contribution in [2.45, 2.75) is 13.0 Å². The van der Waals surface area contributed by atoms with Gasteiger partial charge in [0.2, 0.25) is 5.91 Å². The lowest BCUT2D eigenvalue weighted by Crippen LogP contribution is -2.36. The molecule has 0 bridgehead atoms. The van der Waals surface area contributed by atoms with E-state index in [4.69, 9.17) is 5.73 Å². The predicted octanol–water partition coefficient (Wildman–Crippen LogP) is 2.22. The minimum atomic E-state index is -0.00946. The second-order valence-electron chi connectivity index (χ2n) is 4.74. The van der Waals surface area contributed by atoms with Crippen molar-refractivity contribution in [1.82, 2.24) is 4.90 Å². The third-order valence-electron chi connectivity index (χ3n) is 3.26. The summed E-state index contributed by atoms with van der Waals surface area (Å²) < 4.78 is 0.